The van der Waals surface area contributed by atoms with Crippen molar-refractivity contribution in [1.29, 1.82) is 0 Å². The fourth-order valence-corrected chi connectivity index (χ4v) is 4.24. The van der Waals surface area contributed by atoms with Gasteiger partial charge in [-0.1, -0.05) is 0 Å². The zero-order chi connectivity index (χ0) is 16.4. The first-order valence-corrected chi connectivity index (χ1v) is 9.25. The maximum Gasteiger partial charge on any atom is 0.270 e. The predicted octanol–water partition coefficient (Wildman–Crippen LogP) is 2.00. The number of likely N-dealkylation sites (tertiary alicyclic amines) is 1. The van der Waals surface area contributed by atoms with Crippen LogP contribution in [0.4, 0.5) is 0 Å². The van der Waals surface area contributed by atoms with Gasteiger partial charge in [0.2, 0.25) is 0 Å². The summed E-state index contributed by atoms with van der Waals surface area (Å²) < 4.78 is 11.1. The van der Waals surface area contributed by atoms with E-state index in [-0.39, 0.29) is 12.0 Å². The number of hydrogen-bond acceptors (Lipinski definition) is 6. The highest BCUT2D eigenvalue weighted by molar-refractivity contribution is 7.07. The van der Waals surface area contributed by atoms with Gasteiger partial charge in [-0.3, -0.25) is 9.69 Å². The van der Waals surface area contributed by atoms with Crippen LogP contribution in [-0.2, 0) is 11.3 Å². The molecular formula is C17H21N3O3S. The largest absolute Gasteiger partial charge is 0.472 e. The Hall–Kier alpha value is -1.70. The van der Waals surface area contributed by atoms with Crippen molar-refractivity contribution in [2.24, 2.45) is 11.8 Å². The van der Waals surface area contributed by atoms with E-state index in [4.69, 9.17) is 9.15 Å². The number of ether oxygens (including phenoxy) is 1. The first kappa shape index (κ1) is 15.8. The van der Waals surface area contributed by atoms with Crippen molar-refractivity contribution >= 4 is 17.2 Å². The SMILES string of the molecule is O=C(NC[C@@H]1OC[C@H]2CCN(Cc3ccoc3)C[C@H]21)c1cscn1. The van der Waals surface area contributed by atoms with Crippen LogP contribution in [0.2, 0.25) is 0 Å². The van der Waals surface area contributed by atoms with Crippen LogP contribution in [0.3, 0.4) is 0 Å². The van der Waals surface area contributed by atoms with Crippen molar-refractivity contribution in [3.05, 3.63) is 40.7 Å². The average molecular weight is 347 g/mol. The van der Waals surface area contributed by atoms with E-state index in [9.17, 15) is 4.79 Å². The van der Waals surface area contributed by atoms with Crippen LogP contribution in [-0.4, -0.2) is 48.1 Å². The quantitative estimate of drug-likeness (QED) is 0.896. The molecule has 3 atom stereocenters. The summed E-state index contributed by atoms with van der Waals surface area (Å²) in [5.41, 5.74) is 3.37. The van der Waals surface area contributed by atoms with Crippen LogP contribution in [0.15, 0.2) is 33.9 Å². The van der Waals surface area contributed by atoms with Crippen molar-refractivity contribution in [3.8, 4) is 0 Å². The Morgan fingerprint density at radius 1 is 1.50 bits per heavy atom. The van der Waals surface area contributed by atoms with E-state index in [2.05, 4.69) is 15.2 Å². The van der Waals surface area contributed by atoms with Gasteiger partial charge in [-0.05, 0) is 24.9 Å². The van der Waals surface area contributed by atoms with E-state index in [1.807, 2.05) is 12.3 Å². The van der Waals surface area contributed by atoms with Gasteiger partial charge < -0.3 is 14.5 Å². The number of amides is 1. The maximum atomic E-state index is 12.1. The van der Waals surface area contributed by atoms with Gasteiger partial charge in [0.1, 0.15) is 5.69 Å². The molecule has 2 saturated heterocycles. The number of carbonyl (C=O) groups is 1. The molecule has 2 aromatic rings. The van der Waals surface area contributed by atoms with Gasteiger partial charge in [-0.25, -0.2) is 4.98 Å². The lowest BCUT2D eigenvalue weighted by molar-refractivity contribution is 0.0675. The third-order valence-corrected chi connectivity index (χ3v) is 5.59. The smallest absolute Gasteiger partial charge is 0.270 e. The minimum absolute atomic E-state index is 0.0877. The summed E-state index contributed by atoms with van der Waals surface area (Å²) in [4.78, 5) is 18.6. The standard InChI is InChI=1S/C17H21N3O3S/c21-17(15-10-24-11-19-15)18-5-16-14-7-20(3-1-13(14)9-23-16)6-12-2-4-22-8-12/h2,4,8,10-11,13-14,16H,1,3,5-7,9H2,(H,18,21)/t13-,14-,16+/m1/s1. The van der Waals surface area contributed by atoms with Gasteiger partial charge in [0.15, 0.2) is 0 Å². The highest BCUT2D eigenvalue weighted by atomic mass is 32.1. The minimum atomic E-state index is -0.116. The Bertz CT molecular complexity index is 659. The van der Waals surface area contributed by atoms with E-state index >= 15 is 0 Å². The fraction of sp³-hybridized carbons (Fsp3) is 0.529. The normalized spacial score (nSPS) is 27.1. The first-order valence-electron chi connectivity index (χ1n) is 8.31. The minimum Gasteiger partial charge on any atom is -0.472 e. The number of nitrogens with zero attached hydrogens (tertiary/aromatic N) is 2. The Morgan fingerprint density at radius 3 is 3.25 bits per heavy atom. The number of hydrogen-bond donors (Lipinski definition) is 1. The molecule has 0 saturated carbocycles. The third-order valence-electron chi connectivity index (χ3n) is 5.01. The number of carbonyl (C=O) groups excluding carboxylic acids is 1. The van der Waals surface area contributed by atoms with Crippen LogP contribution in [0.25, 0.3) is 0 Å². The van der Waals surface area contributed by atoms with E-state index in [1.165, 1.54) is 16.9 Å². The molecule has 6 nitrogen and oxygen atoms in total. The number of aromatic nitrogens is 1. The molecule has 0 unspecified atom stereocenters. The molecule has 0 bridgehead atoms. The second-order valence-corrected chi connectivity index (χ2v) is 7.25. The number of rotatable bonds is 5. The van der Waals surface area contributed by atoms with Gasteiger partial charge in [0, 0.05) is 36.5 Å². The second kappa shape index (κ2) is 7.04. The summed E-state index contributed by atoms with van der Waals surface area (Å²) in [6.45, 7) is 4.37. The summed E-state index contributed by atoms with van der Waals surface area (Å²) in [5.74, 6) is 0.961. The van der Waals surface area contributed by atoms with Crippen LogP contribution in [0.5, 0.6) is 0 Å². The van der Waals surface area contributed by atoms with E-state index in [1.54, 1.807) is 17.2 Å². The number of furan rings is 1. The molecule has 2 aliphatic rings. The number of nitrogens with one attached hydrogen (secondary N) is 1. The summed E-state index contributed by atoms with van der Waals surface area (Å²) in [5, 5.41) is 4.73. The molecule has 0 aromatic carbocycles. The second-order valence-electron chi connectivity index (χ2n) is 6.53. The molecule has 2 aliphatic heterocycles. The Labute approximate surface area is 144 Å². The Kier molecular flexibility index (Phi) is 4.64. The molecule has 7 heteroatoms. The predicted molar refractivity (Wildman–Crippen MR) is 89.8 cm³/mol. The molecule has 2 aromatic heterocycles. The van der Waals surface area contributed by atoms with Crippen LogP contribution < -0.4 is 5.32 Å². The summed E-state index contributed by atoms with van der Waals surface area (Å²) in [6, 6.07) is 2.02. The number of fused-ring (bicyclic) bond motifs is 1. The maximum absolute atomic E-state index is 12.1. The molecule has 4 heterocycles. The molecule has 0 aliphatic carbocycles. The molecule has 2 fully saturated rings. The average Bonchev–Trinajstić information content (AvgIpc) is 3.34. The van der Waals surface area contributed by atoms with Gasteiger partial charge in [0.25, 0.3) is 5.91 Å². The van der Waals surface area contributed by atoms with Crippen LogP contribution in [0.1, 0.15) is 22.5 Å². The van der Waals surface area contributed by atoms with Crippen LogP contribution in [0, 0.1) is 11.8 Å². The number of piperidine rings is 1. The molecule has 0 radical (unpaired) electrons. The summed E-state index contributed by atoms with van der Waals surface area (Å²) >= 11 is 1.43. The van der Waals surface area contributed by atoms with E-state index in [0.717, 1.165) is 32.7 Å². The van der Waals surface area contributed by atoms with Crippen molar-refractivity contribution < 1.29 is 13.9 Å². The highest BCUT2D eigenvalue weighted by Gasteiger charge is 2.40. The number of thiazole rings is 1. The van der Waals surface area contributed by atoms with Crippen molar-refractivity contribution in [1.82, 2.24) is 15.2 Å². The lowest BCUT2D eigenvalue weighted by atomic mass is 9.84. The molecular weight excluding hydrogens is 326 g/mol. The van der Waals surface area contributed by atoms with Crippen molar-refractivity contribution in [2.75, 3.05) is 26.2 Å². The summed E-state index contributed by atoms with van der Waals surface area (Å²) in [7, 11) is 0. The Balaban J connectivity index is 1.32. The van der Waals surface area contributed by atoms with Gasteiger partial charge in [0.05, 0.1) is 30.7 Å². The zero-order valence-electron chi connectivity index (χ0n) is 13.4. The first-order chi connectivity index (χ1) is 11.8. The van der Waals surface area contributed by atoms with Gasteiger partial charge >= 0.3 is 0 Å². The van der Waals surface area contributed by atoms with Crippen LogP contribution >= 0.6 is 11.3 Å². The monoisotopic (exact) mass is 347 g/mol. The molecule has 24 heavy (non-hydrogen) atoms. The highest BCUT2D eigenvalue weighted by Crippen LogP contribution is 2.34. The lowest BCUT2D eigenvalue weighted by Crippen LogP contribution is -2.45. The zero-order valence-corrected chi connectivity index (χ0v) is 14.2. The topological polar surface area (TPSA) is 67.6 Å². The Morgan fingerprint density at radius 2 is 2.46 bits per heavy atom. The van der Waals surface area contributed by atoms with Gasteiger partial charge in [-0.15, -0.1) is 11.3 Å². The fourth-order valence-electron chi connectivity index (χ4n) is 3.70. The molecule has 128 valence electrons. The van der Waals surface area contributed by atoms with Crippen molar-refractivity contribution in [3.63, 3.8) is 0 Å². The third kappa shape index (κ3) is 3.38. The van der Waals surface area contributed by atoms with Crippen molar-refractivity contribution in [2.45, 2.75) is 19.1 Å². The van der Waals surface area contributed by atoms with Gasteiger partial charge in [-0.2, -0.15) is 0 Å². The molecule has 0 spiro atoms. The molecule has 1 amide bonds. The molecule has 4 rings (SSSR count). The van der Waals surface area contributed by atoms with E-state index < -0.39 is 0 Å². The molecule has 1 N–H and O–H groups in total. The lowest BCUT2D eigenvalue weighted by Gasteiger charge is -2.35. The summed E-state index contributed by atoms with van der Waals surface area (Å²) in [6.07, 6.45) is 4.77. The van der Waals surface area contributed by atoms with E-state index in [0.29, 0.717) is 24.1 Å².